The zero-order chi connectivity index (χ0) is 13.3. The van der Waals surface area contributed by atoms with Crippen LogP contribution in [-0.4, -0.2) is 19.0 Å². The lowest BCUT2D eigenvalue weighted by molar-refractivity contribution is -0.120. The number of carbonyl (C=O) groups is 1. The predicted octanol–water partition coefficient (Wildman–Crippen LogP) is 2.86. The van der Waals surface area contributed by atoms with Crippen LogP contribution in [0.1, 0.15) is 18.1 Å². The van der Waals surface area contributed by atoms with Gasteiger partial charge in [0.2, 0.25) is 5.91 Å². The van der Waals surface area contributed by atoms with Crippen molar-refractivity contribution >= 4 is 27.5 Å². The highest BCUT2D eigenvalue weighted by molar-refractivity contribution is 9.10. The fourth-order valence-corrected chi connectivity index (χ4v) is 2.64. The molecule has 98 valence electrons. The number of amides is 1. The molecule has 4 heteroatoms. The number of hydrogen-bond donors (Lipinski definition) is 2. The van der Waals surface area contributed by atoms with Crippen molar-refractivity contribution in [3.05, 3.63) is 27.7 Å². The highest BCUT2D eigenvalue weighted by Gasteiger charge is 2.29. The molecule has 1 fully saturated rings. The van der Waals surface area contributed by atoms with E-state index < -0.39 is 0 Å². The average Bonchev–Trinajstić information content (AvgIpc) is 2.72. The Morgan fingerprint density at radius 2 is 1.94 bits per heavy atom. The minimum Gasteiger partial charge on any atom is -0.326 e. The number of benzene rings is 1. The van der Waals surface area contributed by atoms with Crippen LogP contribution >= 0.6 is 15.9 Å². The van der Waals surface area contributed by atoms with Gasteiger partial charge in [0.1, 0.15) is 0 Å². The maximum atomic E-state index is 12.2. The first kappa shape index (κ1) is 13.6. The zero-order valence-corrected chi connectivity index (χ0v) is 12.6. The Balaban J connectivity index is 2.12. The van der Waals surface area contributed by atoms with Crippen LogP contribution in [0, 0.1) is 25.7 Å². The van der Waals surface area contributed by atoms with Crippen LogP contribution in [-0.2, 0) is 4.79 Å². The molecule has 1 aromatic carbocycles. The van der Waals surface area contributed by atoms with Gasteiger partial charge in [-0.25, -0.2) is 0 Å². The summed E-state index contributed by atoms with van der Waals surface area (Å²) in [7, 11) is 0. The molecule has 1 saturated heterocycles. The second-order valence-corrected chi connectivity index (χ2v) is 5.95. The van der Waals surface area contributed by atoms with Crippen molar-refractivity contribution in [3.8, 4) is 0 Å². The van der Waals surface area contributed by atoms with Crippen molar-refractivity contribution in [3.63, 3.8) is 0 Å². The summed E-state index contributed by atoms with van der Waals surface area (Å²) in [6.45, 7) is 7.89. The number of halogens is 1. The molecule has 2 atom stereocenters. The Bertz CT molecular complexity index is 450. The van der Waals surface area contributed by atoms with E-state index in [1.54, 1.807) is 0 Å². The molecular formula is C14H19BrN2O. The summed E-state index contributed by atoms with van der Waals surface area (Å²) in [5.74, 6) is 0.602. The Labute approximate surface area is 116 Å². The molecule has 1 aliphatic rings. The first-order chi connectivity index (χ1) is 8.49. The Hall–Kier alpha value is -0.870. The van der Waals surface area contributed by atoms with Gasteiger partial charge >= 0.3 is 0 Å². The molecule has 3 nitrogen and oxygen atoms in total. The van der Waals surface area contributed by atoms with Crippen LogP contribution < -0.4 is 10.6 Å². The molecule has 1 amide bonds. The Kier molecular flexibility index (Phi) is 4.07. The molecule has 0 radical (unpaired) electrons. The lowest BCUT2D eigenvalue weighted by Crippen LogP contribution is -2.27. The average molecular weight is 311 g/mol. The number of hydrogen-bond acceptors (Lipinski definition) is 2. The van der Waals surface area contributed by atoms with Crippen LogP contribution in [0.2, 0.25) is 0 Å². The molecule has 1 heterocycles. The van der Waals surface area contributed by atoms with E-state index in [1.807, 2.05) is 26.0 Å². The Morgan fingerprint density at radius 1 is 1.33 bits per heavy atom. The van der Waals surface area contributed by atoms with Crippen molar-refractivity contribution in [1.82, 2.24) is 5.32 Å². The highest BCUT2D eigenvalue weighted by Crippen LogP contribution is 2.26. The molecule has 0 aromatic heterocycles. The van der Waals surface area contributed by atoms with Gasteiger partial charge in [-0.3, -0.25) is 4.79 Å². The smallest absolute Gasteiger partial charge is 0.229 e. The van der Waals surface area contributed by atoms with Crippen molar-refractivity contribution in [2.24, 2.45) is 11.8 Å². The quantitative estimate of drug-likeness (QED) is 0.882. The molecule has 0 saturated carbocycles. The lowest BCUT2D eigenvalue weighted by atomic mass is 9.97. The van der Waals surface area contributed by atoms with E-state index in [1.165, 1.54) is 0 Å². The number of nitrogens with one attached hydrogen (secondary N) is 2. The third-order valence-corrected chi connectivity index (χ3v) is 4.81. The molecule has 0 aliphatic carbocycles. The number of anilines is 1. The van der Waals surface area contributed by atoms with Gasteiger partial charge < -0.3 is 10.6 Å². The SMILES string of the molecule is Cc1cc(NC(=O)C2CNCC2C)cc(C)c1Br. The van der Waals surface area contributed by atoms with Crippen molar-refractivity contribution in [1.29, 1.82) is 0 Å². The molecule has 2 unspecified atom stereocenters. The summed E-state index contributed by atoms with van der Waals surface area (Å²) in [6, 6.07) is 4.00. The van der Waals surface area contributed by atoms with Crippen molar-refractivity contribution in [2.75, 3.05) is 18.4 Å². The standard InChI is InChI=1S/C14H19BrN2O/c1-8-4-11(5-9(2)13(8)15)17-14(18)12-7-16-6-10(12)3/h4-5,10,12,16H,6-7H2,1-3H3,(H,17,18). The molecule has 0 spiro atoms. The molecule has 1 aliphatic heterocycles. The highest BCUT2D eigenvalue weighted by atomic mass is 79.9. The zero-order valence-electron chi connectivity index (χ0n) is 11.0. The first-order valence-electron chi connectivity index (χ1n) is 6.27. The summed E-state index contributed by atoms with van der Waals surface area (Å²) in [4.78, 5) is 12.2. The molecule has 2 N–H and O–H groups in total. The topological polar surface area (TPSA) is 41.1 Å². The number of aryl methyl sites for hydroxylation is 2. The molecular weight excluding hydrogens is 292 g/mol. The molecule has 18 heavy (non-hydrogen) atoms. The van der Waals surface area contributed by atoms with Crippen LogP contribution in [0.3, 0.4) is 0 Å². The summed E-state index contributed by atoms with van der Waals surface area (Å²) in [5.41, 5.74) is 3.17. The third-order valence-electron chi connectivity index (χ3n) is 3.56. The van der Waals surface area contributed by atoms with E-state index >= 15 is 0 Å². The van der Waals surface area contributed by atoms with E-state index in [0.29, 0.717) is 5.92 Å². The minimum absolute atomic E-state index is 0.0780. The van der Waals surface area contributed by atoms with Gasteiger partial charge in [0, 0.05) is 16.7 Å². The van der Waals surface area contributed by atoms with Crippen LogP contribution in [0.5, 0.6) is 0 Å². The van der Waals surface area contributed by atoms with Gasteiger partial charge in [-0.15, -0.1) is 0 Å². The molecule has 1 aromatic rings. The van der Waals surface area contributed by atoms with Crippen LogP contribution in [0.15, 0.2) is 16.6 Å². The summed E-state index contributed by atoms with van der Waals surface area (Å²) < 4.78 is 1.11. The number of carbonyl (C=O) groups excluding carboxylic acids is 1. The summed E-state index contributed by atoms with van der Waals surface area (Å²) in [6.07, 6.45) is 0. The maximum absolute atomic E-state index is 12.2. The van der Waals surface area contributed by atoms with Gasteiger partial charge in [-0.05, 0) is 49.6 Å². The monoisotopic (exact) mass is 310 g/mol. The predicted molar refractivity (Wildman–Crippen MR) is 77.8 cm³/mol. The normalized spacial score (nSPS) is 23.1. The summed E-state index contributed by atoms with van der Waals surface area (Å²) >= 11 is 3.53. The minimum atomic E-state index is 0.0780. The second kappa shape index (κ2) is 5.41. The van der Waals surface area contributed by atoms with Gasteiger partial charge in [-0.1, -0.05) is 22.9 Å². The van der Waals surface area contributed by atoms with Gasteiger partial charge in [0.15, 0.2) is 0 Å². The summed E-state index contributed by atoms with van der Waals surface area (Å²) in [5, 5.41) is 6.28. The van der Waals surface area contributed by atoms with Crippen LogP contribution in [0.25, 0.3) is 0 Å². The first-order valence-corrected chi connectivity index (χ1v) is 7.06. The fourth-order valence-electron chi connectivity index (χ4n) is 2.41. The van der Waals surface area contributed by atoms with Crippen molar-refractivity contribution in [2.45, 2.75) is 20.8 Å². The van der Waals surface area contributed by atoms with Gasteiger partial charge in [0.05, 0.1) is 5.92 Å². The van der Waals surface area contributed by atoms with Crippen LogP contribution in [0.4, 0.5) is 5.69 Å². The van der Waals surface area contributed by atoms with Crippen molar-refractivity contribution < 1.29 is 4.79 Å². The van der Waals surface area contributed by atoms with Gasteiger partial charge in [0.25, 0.3) is 0 Å². The molecule has 0 bridgehead atoms. The van der Waals surface area contributed by atoms with E-state index in [-0.39, 0.29) is 11.8 Å². The number of rotatable bonds is 2. The van der Waals surface area contributed by atoms with E-state index in [9.17, 15) is 4.79 Å². The molecule has 2 rings (SSSR count). The third kappa shape index (κ3) is 2.75. The largest absolute Gasteiger partial charge is 0.326 e. The second-order valence-electron chi connectivity index (χ2n) is 5.16. The fraction of sp³-hybridized carbons (Fsp3) is 0.500. The van der Waals surface area contributed by atoms with E-state index in [0.717, 1.165) is 34.4 Å². The maximum Gasteiger partial charge on any atom is 0.229 e. The lowest BCUT2D eigenvalue weighted by Gasteiger charge is -2.15. The Morgan fingerprint density at radius 3 is 2.44 bits per heavy atom. The van der Waals surface area contributed by atoms with E-state index in [4.69, 9.17) is 0 Å². The van der Waals surface area contributed by atoms with Gasteiger partial charge in [-0.2, -0.15) is 0 Å². The van der Waals surface area contributed by atoms with E-state index in [2.05, 4.69) is 33.5 Å².